The first-order valence-electron chi connectivity index (χ1n) is 5.19. The molecule has 0 radical (unpaired) electrons. The molecule has 3 atom stereocenters. The van der Waals surface area contributed by atoms with Crippen LogP contribution in [0, 0.1) is 23.2 Å². The van der Waals surface area contributed by atoms with Crippen LogP contribution in [-0.2, 0) is 4.79 Å². The smallest absolute Gasteiger partial charge is 0.120 e. The molecule has 0 aromatic carbocycles. The Bertz CT molecular complexity index is 252. The molecule has 2 unspecified atom stereocenters. The van der Waals surface area contributed by atoms with E-state index in [4.69, 9.17) is 0 Å². The number of allylic oxidation sites excluding steroid dienone is 1. The van der Waals surface area contributed by atoms with Crippen molar-refractivity contribution in [2.24, 2.45) is 23.2 Å². The van der Waals surface area contributed by atoms with Crippen LogP contribution in [-0.4, -0.2) is 6.29 Å². The molecular formula is C12H18O. The Morgan fingerprint density at radius 3 is 2.69 bits per heavy atom. The summed E-state index contributed by atoms with van der Waals surface area (Å²) in [5.74, 6) is 2.03. The topological polar surface area (TPSA) is 17.1 Å². The summed E-state index contributed by atoms with van der Waals surface area (Å²) in [6, 6.07) is 0. The van der Waals surface area contributed by atoms with Crippen LogP contribution in [0.2, 0.25) is 0 Å². The van der Waals surface area contributed by atoms with Crippen LogP contribution in [0.15, 0.2) is 12.2 Å². The number of carbonyl (C=O) groups is 1. The van der Waals surface area contributed by atoms with Gasteiger partial charge < -0.3 is 4.79 Å². The highest BCUT2D eigenvalue weighted by Crippen LogP contribution is 2.62. The molecule has 72 valence electrons. The predicted octanol–water partition coefficient (Wildman–Crippen LogP) is 2.81. The molecule has 0 spiro atoms. The van der Waals surface area contributed by atoms with E-state index in [0.717, 1.165) is 12.2 Å². The molecule has 3 fully saturated rings. The number of aldehydes is 1. The zero-order chi connectivity index (χ0) is 9.64. The summed E-state index contributed by atoms with van der Waals surface area (Å²) >= 11 is 0. The van der Waals surface area contributed by atoms with Crippen molar-refractivity contribution in [3.8, 4) is 0 Å². The first-order chi connectivity index (χ1) is 6.07. The van der Waals surface area contributed by atoms with Crippen molar-refractivity contribution in [3.63, 3.8) is 0 Å². The molecule has 0 aliphatic heterocycles. The van der Waals surface area contributed by atoms with Gasteiger partial charge in [0.2, 0.25) is 0 Å². The summed E-state index contributed by atoms with van der Waals surface area (Å²) in [7, 11) is 0. The van der Waals surface area contributed by atoms with Gasteiger partial charge in [0.15, 0.2) is 0 Å². The zero-order valence-corrected chi connectivity index (χ0v) is 8.55. The van der Waals surface area contributed by atoms with Gasteiger partial charge in [-0.05, 0) is 36.0 Å². The van der Waals surface area contributed by atoms with Crippen molar-refractivity contribution in [2.75, 3.05) is 0 Å². The lowest BCUT2D eigenvalue weighted by atomic mass is 9.45. The van der Waals surface area contributed by atoms with E-state index >= 15 is 0 Å². The minimum absolute atomic E-state index is 0.469. The highest BCUT2D eigenvalue weighted by molar-refractivity contribution is 5.51. The summed E-state index contributed by atoms with van der Waals surface area (Å²) in [5.41, 5.74) is 1.82. The molecule has 0 aromatic heterocycles. The van der Waals surface area contributed by atoms with Crippen molar-refractivity contribution in [1.82, 2.24) is 0 Å². The minimum atomic E-state index is 0.469. The highest BCUT2D eigenvalue weighted by atomic mass is 16.1. The van der Waals surface area contributed by atoms with Crippen LogP contribution in [0.3, 0.4) is 0 Å². The summed E-state index contributed by atoms with van der Waals surface area (Å²) in [4.78, 5) is 10.5. The zero-order valence-electron chi connectivity index (χ0n) is 8.55. The second-order valence-corrected chi connectivity index (χ2v) is 5.22. The van der Waals surface area contributed by atoms with Gasteiger partial charge in [-0.25, -0.2) is 0 Å². The summed E-state index contributed by atoms with van der Waals surface area (Å²) in [5, 5.41) is 0. The van der Waals surface area contributed by atoms with E-state index in [2.05, 4.69) is 20.4 Å². The van der Waals surface area contributed by atoms with Crippen molar-refractivity contribution in [1.29, 1.82) is 0 Å². The quantitative estimate of drug-likeness (QED) is 0.469. The van der Waals surface area contributed by atoms with E-state index in [-0.39, 0.29) is 0 Å². The lowest BCUT2D eigenvalue weighted by Crippen LogP contribution is -2.51. The Hall–Kier alpha value is -0.590. The highest BCUT2D eigenvalue weighted by Gasteiger charge is 2.54. The second-order valence-electron chi connectivity index (χ2n) is 5.22. The van der Waals surface area contributed by atoms with Crippen LogP contribution in [0.5, 0.6) is 0 Å². The van der Waals surface area contributed by atoms with Gasteiger partial charge in [-0.2, -0.15) is 0 Å². The van der Waals surface area contributed by atoms with E-state index in [1.807, 2.05) is 0 Å². The van der Waals surface area contributed by atoms with Crippen LogP contribution in [0.4, 0.5) is 0 Å². The molecular weight excluding hydrogens is 160 g/mol. The second kappa shape index (κ2) is 2.70. The van der Waals surface area contributed by atoms with Gasteiger partial charge in [0.05, 0.1) is 0 Å². The maximum Gasteiger partial charge on any atom is 0.120 e. The third-order valence-electron chi connectivity index (χ3n) is 4.39. The molecule has 0 amide bonds. The number of hydrogen-bond donors (Lipinski definition) is 0. The molecule has 0 heterocycles. The van der Waals surface area contributed by atoms with Gasteiger partial charge in [-0.15, -0.1) is 0 Å². The normalized spacial score (nSPS) is 41.1. The first kappa shape index (κ1) is 8.98. The van der Waals surface area contributed by atoms with Gasteiger partial charge >= 0.3 is 0 Å². The maximum atomic E-state index is 10.5. The van der Waals surface area contributed by atoms with Crippen molar-refractivity contribution < 1.29 is 4.79 Å². The molecule has 1 heteroatoms. The standard InChI is InChI=1S/C12H18O/c1-8-9(4-5-13)6-10-7-11(8)12(10,2)3/h5,9-11H,1,4,6-7H2,2-3H3/t9-,10?,11?/m1/s1. The molecule has 3 aliphatic rings. The van der Waals surface area contributed by atoms with E-state index in [1.165, 1.54) is 18.4 Å². The third-order valence-corrected chi connectivity index (χ3v) is 4.39. The van der Waals surface area contributed by atoms with E-state index < -0.39 is 0 Å². The largest absolute Gasteiger partial charge is 0.303 e. The fraction of sp³-hybridized carbons (Fsp3) is 0.750. The Labute approximate surface area is 80.2 Å². The molecule has 3 saturated carbocycles. The molecule has 3 aliphatic carbocycles. The molecule has 0 saturated heterocycles. The first-order valence-corrected chi connectivity index (χ1v) is 5.19. The van der Waals surface area contributed by atoms with Gasteiger partial charge in [-0.3, -0.25) is 0 Å². The Morgan fingerprint density at radius 2 is 2.23 bits per heavy atom. The molecule has 0 aromatic rings. The van der Waals surface area contributed by atoms with Crippen molar-refractivity contribution in [3.05, 3.63) is 12.2 Å². The van der Waals surface area contributed by atoms with Crippen LogP contribution in [0.25, 0.3) is 0 Å². The van der Waals surface area contributed by atoms with E-state index in [1.54, 1.807) is 0 Å². The number of carbonyl (C=O) groups excluding carboxylic acids is 1. The van der Waals surface area contributed by atoms with Crippen molar-refractivity contribution in [2.45, 2.75) is 33.1 Å². The number of rotatable bonds is 2. The fourth-order valence-electron chi connectivity index (χ4n) is 3.19. The van der Waals surface area contributed by atoms with E-state index in [9.17, 15) is 4.79 Å². The van der Waals surface area contributed by atoms with Crippen LogP contribution >= 0.6 is 0 Å². The third kappa shape index (κ3) is 1.09. The number of fused-ring (bicyclic) bond motifs is 2. The van der Waals surface area contributed by atoms with Gasteiger partial charge in [-0.1, -0.05) is 26.0 Å². The fourth-order valence-corrected chi connectivity index (χ4v) is 3.19. The van der Waals surface area contributed by atoms with Crippen molar-refractivity contribution >= 4 is 6.29 Å². The van der Waals surface area contributed by atoms with E-state index in [0.29, 0.717) is 23.7 Å². The summed E-state index contributed by atoms with van der Waals surface area (Å²) in [6.45, 7) is 8.85. The molecule has 13 heavy (non-hydrogen) atoms. The number of hydrogen-bond acceptors (Lipinski definition) is 1. The average Bonchev–Trinajstić information content (AvgIpc) is 2.08. The predicted molar refractivity (Wildman–Crippen MR) is 53.3 cm³/mol. The SMILES string of the molecule is C=C1C2CC(C[C@H]1CC=O)C2(C)C. The molecule has 0 N–H and O–H groups in total. The average molecular weight is 178 g/mol. The van der Waals surface area contributed by atoms with Crippen LogP contribution < -0.4 is 0 Å². The summed E-state index contributed by atoms with van der Waals surface area (Å²) in [6.07, 6.45) is 4.26. The Kier molecular flexibility index (Phi) is 1.86. The molecule has 3 rings (SSSR count). The molecule has 1 nitrogen and oxygen atoms in total. The van der Waals surface area contributed by atoms with Gasteiger partial charge in [0.25, 0.3) is 0 Å². The van der Waals surface area contributed by atoms with Crippen LogP contribution in [0.1, 0.15) is 33.1 Å². The maximum absolute atomic E-state index is 10.5. The minimum Gasteiger partial charge on any atom is -0.303 e. The lowest BCUT2D eigenvalue weighted by Gasteiger charge is -2.60. The Balaban J connectivity index is 2.12. The summed E-state index contributed by atoms with van der Waals surface area (Å²) < 4.78 is 0. The monoisotopic (exact) mass is 178 g/mol. The lowest BCUT2D eigenvalue weighted by molar-refractivity contribution is -0.110. The van der Waals surface area contributed by atoms with Gasteiger partial charge in [0, 0.05) is 6.42 Å². The Morgan fingerprint density at radius 1 is 1.54 bits per heavy atom. The molecule has 2 bridgehead atoms. The van der Waals surface area contributed by atoms with Gasteiger partial charge in [0.1, 0.15) is 6.29 Å².